The molecular weight excluding hydrogens is 326 g/mol. The summed E-state index contributed by atoms with van der Waals surface area (Å²) in [6.07, 6.45) is 4.53. The maximum atomic E-state index is 12.2. The number of nitrogens with zero attached hydrogens (tertiary/aromatic N) is 6. The highest BCUT2D eigenvalue weighted by atomic mass is 32.1. The lowest BCUT2D eigenvalue weighted by Crippen LogP contribution is -2.47. The van der Waals surface area contributed by atoms with Crippen molar-refractivity contribution in [2.24, 2.45) is 7.05 Å². The van der Waals surface area contributed by atoms with E-state index < -0.39 is 0 Å². The average Bonchev–Trinajstić information content (AvgIpc) is 3.23. The number of aryl methyl sites for hydroxylation is 2. The van der Waals surface area contributed by atoms with E-state index >= 15 is 0 Å². The van der Waals surface area contributed by atoms with Gasteiger partial charge in [-0.05, 0) is 6.42 Å². The van der Waals surface area contributed by atoms with Crippen molar-refractivity contribution in [3.63, 3.8) is 0 Å². The minimum atomic E-state index is -0.141. The molecule has 4 heterocycles. The third-order valence-electron chi connectivity index (χ3n) is 4.33. The Morgan fingerprint density at radius 3 is 2.67 bits per heavy atom. The highest BCUT2D eigenvalue weighted by Crippen LogP contribution is 2.24. The van der Waals surface area contributed by atoms with Crippen LogP contribution in [0.1, 0.15) is 11.8 Å². The number of piperazine rings is 1. The summed E-state index contributed by atoms with van der Waals surface area (Å²) in [4.78, 5) is 29.8. The molecule has 0 saturated carbocycles. The van der Waals surface area contributed by atoms with Gasteiger partial charge in [0.1, 0.15) is 5.39 Å². The van der Waals surface area contributed by atoms with E-state index in [1.807, 2.05) is 6.20 Å². The zero-order valence-electron chi connectivity index (χ0n) is 13.7. The van der Waals surface area contributed by atoms with Gasteiger partial charge in [-0.15, -0.1) is 11.3 Å². The Morgan fingerprint density at radius 1 is 1.21 bits per heavy atom. The van der Waals surface area contributed by atoms with Gasteiger partial charge in [0.2, 0.25) is 5.95 Å². The van der Waals surface area contributed by atoms with Gasteiger partial charge in [-0.2, -0.15) is 10.1 Å². The van der Waals surface area contributed by atoms with Crippen molar-refractivity contribution in [3.05, 3.63) is 27.6 Å². The minimum Gasteiger partial charge on any atom is -0.345 e. The van der Waals surface area contributed by atoms with Crippen LogP contribution in [0.2, 0.25) is 0 Å². The molecule has 1 aliphatic rings. The van der Waals surface area contributed by atoms with Gasteiger partial charge in [0.15, 0.2) is 10.8 Å². The second kappa shape index (κ2) is 5.90. The SMILES string of the molecule is CCc1cnc(N2CCN(c3nc4c(cnn4C)c(=O)[nH]3)CC2)s1. The number of H-pyrrole nitrogens is 1. The van der Waals surface area contributed by atoms with Crippen molar-refractivity contribution in [2.75, 3.05) is 36.0 Å². The van der Waals surface area contributed by atoms with Crippen molar-refractivity contribution >= 4 is 33.5 Å². The van der Waals surface area contributed by atoms with Crippen molar-refractivity contribution < 1.29 is 0 Å². The average molecular weight is 345 g/mol. The van der Waals surface area contributed by atoms with Gasteiger partial charge in [0, 0.05) is 44.3 Å². The summed E-state index contributed by atoms with van der Waals surface area (Å²) in [6, 6.07) is 0. The highest BCUT2D eigenvalue weighted by Gasteiger charge is 2.22. The van der Waals surface area contributed by atoms with Crippen molar-refractivity contribution in [1.29, 1.82) is 0 Å². The zero-order valence-corrected chi connectivity index (χ0v) is 14.5. The number of hydrogen-bond acceptors (Lipinski definition) is 7. The Hall–Kier alpha value is -2.42. The number of anilines is 2. The largest absolute Gasteiger partial charge is 0.345 e. The van der Waals surface area contributed by atoms with Gasteiger partial charge in [-0.1, -0.05) is 6.92 Å². The fraction of sp³-hybridized carbons (Fsp3) is 0.467. The van der Waals surface area contributed by atoms with Crippen LogP contribution in [0.4, 0.5) is 11.1 Å². The van der Waals surface area contributed by atoms with Crippen LogP contribution >= 0.6 is 11.3 Å². The molecule has 3 aromatic heterocycles. The number of aromatic nitrogens is 5. The summed E-state index contributed by atoms with van der Waals surface area (Å²) in [6.45, 7) is 5.47. The molecular formula is C15H19N7OS. The number of hydrogen-bond donors (Lipinski definition) is 1. The fourth-order valence-corrected chi connectivity index (χ4v) is 3.79. The maximum absolute atomic E-state index is 12.2. The molecule has 0 radical (unpaired) electrons. The van der Waals surface area contributed by atoms with Crippen molar-refractivity contribution in [2.45, 2.75) is 13.3 Å². The van der Waals surface area contributed by atoms with Crippen LogP contribution in [0.3, 0.4) is 0 Å². The molecule has 0 unspecified atom stereocenters. The molecule has 1 N–H and O–H groups in total. The topological polar surface area (TPSA) is 82.9 Å². The molecule has 1 saturated heterocycles. The van der Waals surface area contributed by atoms with E-state index in [0.717, 1.165) is 37.7 Å². The third kappa shape index (κ3) is 2.54. The number of nitrogens with one attached hydrogen (secondary N) is 1. The predicted molar refractivity (Wildman–Crippen MR) is 95.0 cm³/mol. The predicted octanol–water partition coefficient (Wildman–Crippen LogP) is 1.00. The van der Waals surface area contributed by atoms with Crippen LogP contribution < -0.4 is 15.4 Å². The molecule has 0 bridgehead atoms. The lowest BCUT2D eigenvalue weighted by Gasteiger charge is -2.34. The molecule has 0 atom stereocenters. The molecule has 8 nitrogen and oxygen atoms in total. The van der Waals surface area contributed by atoms with Crippen LogP contribution in [0, 0.1) is 0 Å². The number of fused-ring (bicyclic) bond motifs is 1. The summed E-state index contributed by atoms with van der Waals surface area (Å²) >= 11 is 1.76. The van der Waals surface area contributed by atoms with E-state index in [-0.39, 0.29) is 5.56 Å². The second-order valence-electron chi connectivity index (χ2n) is 5.83. The number of thiazole rings is 1. The molecule has 0 aromatic carbocycles. The van der Waals surface area contributed by atoms with Gasteiger partial charge in [-0.3, -0.25) is 14.5 Å². The van der Waals surface area contributed by atoms with E-state index in [9.17, 15) is 4.79 Å². The van der Waals surface area contributed by atoms with Crippen LogP contribution in [0.15, 0.2) is 17.2 Å². The first-order valence-electron chi connectivity index (χ1n) is 8.02. The van der Waals surface area contributed by atoms with Crippen LogP contribution in [0.5, 0.6) is 0 Å². The van der Waals surface area contributed by atoms with Crippen molar-refractivity contribution in [3.8, 4) is 0 Å². The summed E-state index contributed by atoms with van der Waals surface area (Å²) < 4.78 is 1.63. The highest BCUT2D eigenvalue weighted by molar-refractivity contribution is 7.15. The second-order valence-corrected chi connectivity index (χ2v) is 6.93. The van der Waals surface area contributed by atoms with E-state index in [0.29, 0.717) is 17.0 Å². The summed E-state index contributed by atoms with van der Waals surface area (Å²) in [5, 5.41) is 5.71. The van der Waals surface area contributed by atoms with E-state index in [1.54, 1.807) is 29.3 Å². The maximum Gasteiger partial charge on any atom is 0.263 e. The Bertz CT molecular complexity index is 919. The van der Waals surface area contributed by atoms with E-state index in [2.05, 4.69) is 36.8 Å². The molecule has 3 aromatic rings. The Morgan fingerprint density at radius 2 is 1.96 bits per heavy atom. The van der Waals surface area contributed by atoms with Crippen LogP contribution in [0.25, 0.3) is 11.0 Å². The molecule has 9 heteroatoms. The molecule has 4 rings (SSSR count). The van der Waals surface area contributed by atoms with Gasteiger partial charge in [0.05, 0.1) is 6.20 Å². The van der Waals surface area contributed by atoms with Crippen LogP contribution in [-0.4, -0.2) is 50.9 Å². The van der Waals surface area contributed by atoms with E-state index in [4.69, 9.17) is 0 Å². The lowest BCUT2D eigenvalue weighted by molar-refractivity contribution is 0.638. The molecule has 1 fully saturated rings. The van der Waals surface area contributed by atoms with Gasteiger partial charge >= 0.3 is 0 Å². The molecule has 126 valence electrons. The Kier molecular flexibility index (Phi) is 3.72. The lowest BCUT2D eigenvalue weighted by atomic mass is 10.3. The Labute approximate surface area is 142 Å². The summed E-state index contributed by atoms with van der Waals surface area (Å²) in [5.41, 5.74) is 0.474. The summed E-state index contributed by atoms with van der Waals surface area (Å²) in [7, 11) is 1.80. The fourth-order valence-electron chi connectivity index (χ4n) is 2.89. The number of aromatic amines is 1. The minimum absolute atomic E-state index is 0.141. The van der Waals surface area contributed by atoms with E-state index in [1.165, 1.54) is 4.88 Å². The monoisotopic (exact) mass is 345 g/mol. The first kappa shape index (κ1) is 15.1. The smallest absolute Gasteiger partial charge is 0.263 e. The van der Waals surface area contributed by atoms with Gasteiger partial charge < -0.3 is 9.80 Å². The van der Waals surface area contributed by atoms with Crippen LogP contribution in [-0.2, 0) is 13.5 Å². The quantitative estimate of drug-likeness (QED) is 0.763. The zero-order chi connectivity index (χ0) is 16.7. The normalized spacial score (nSPS) is 15.4. The Balaban J connectivity index is 1.53. The third-order valence-corrected chi connectivity index (χ3v) is 5.53. The molecule has 0 aliphatic carbocycles. The molecule has 0 amide bonds. The molecule has 1 aliphatic heterocycles. The van der Waals surface area contributed by atoms with Gasteiger partial charge in [0.25, 0.3) is 5.56 Å². The number of rotatable bonds is 3. The first-order valence-corrected chi connectivity index (χ1v) is 8.84. The summed E-state index contributed by atoms with van der Waals surface area (Å²) in [5.74, 6) is 0.615. The molecule has 24 heavy (non-hydrogen) atoms. The molecule has 0 spiro atoms. The first-order chi connectivity index (χ1) is 11.7. The van der Waals surface area contributed by atoms with Gasteiger partial charge in [-0.25, -0.2) is 4.98 Å². The standard InChI is InChI=1S/C15H19N7OS/c1-3-10-8-16-15(24-10)22-6-4-21(5-7-22)14-18-12-11(13(23)19-14)9-17-20(12)2/h8-9H,3-7H2,1-2H3,(H,18,19,23). The van der Waals surface area contributed by atoms with Crippen molar-refractivity contribution in [1.82, 2.24) is 24.7 Å².